The van der Waals surface area contributed by atoms with Crippen molar-refractivity contribution in [3.05, 3.63) is 68.2 Å². The van der Waals surface area contributed by atoms with Crippen molar-refractivity contribution in [2.24, 2.45) is 0 Å². The average molecular weight is 439 g/mol. The van der Waals surface area contributed by atoms with Crippen LogP contribution in [0.2, 0.25) is 10.0 Å². The molecule has 0 spiro atoms. The number of hydrogen-bond donors (Lipinski definition) is 2. The molecule has 0 aliphatic carbocycles. The van der Waals surface area contributed by atoms with Gasteiger partial charge in [-0.1, -0.05) is 48.3 Å². The third-order valence-electron chi connectivity index (χ3n) is 4.15. The molecule has 0 aliphatic rings. The number of halogens is 2. The summed E-state index contributed by atoms with van der Waals surface area (Å²) < 4.78 is 13.8. The van der Waals surface area contributed by atoms with Gasteiger partial charge in [-0.25, -0.2) is 4.68 Å². The van der Waals surface area contributed by atoms with Crippen LogP contribution in [0.5, 0.6) is 11.5 Å². The molecule has 0 atom stereocenters. The van der Waals surface area contributed by atoms with Gasteiger partial charge < -0.3 is 14.9 Å². The number of aryl methyl sites for hydroxylation is 1. The van der Waals surface area contributed by atoms with Gasteiger partial charge in [0.15, 0.2) is 17.3 Å². The lowest BCUT2D eigenvalue weighted by molar-refractivity contribution is 0.281. The van der Waals surface area contributed by atoms with E-state index < -0.39 is 0 Å². The summed E-state index contributed by atoms with van der Waals surface area (Å²) in [6, 6.07) is 11.0. The van der Waals surface area contributed by atoms with E-state index >= 15 is 0 Å². The van der Waals surface area contributed by atoms with E-state index in [9.17, 15) is 0 Å². The van der Waals surface area contributed by atoms with Gasteiger partial charge in [0, 0.05) is 27.6 Å². The highest BCUT2D eigenvalue weighted by Crippen LogP contribution is 2.33. The van der Waals surface area contributed by atoms with Gasteiger partial charge in [-0.05, 0) is 30.4 Å². The summed E-state index contributed by atoms with van der Waals surface area (Å²) in [5.74, 6) is 2.09. The van der Waals surface area contributed by atoms with Gasteiger partial charge in [0.05, 0.1) is 13.7 Å². The largest absolute Gasteiger partial charge is 0.493 e. The lowest BCUT2D eigenvalue weighted by Gasteiger charge is -2.17. The minimum absolute atomic E-state index is 0.286. The van der Waals surface area contributed by atoms with E-state index in [-0.39, 0.29) is 6.61 Å². The minimum Gasteiger partial charge on any atom is -0.493 e. The Morgan fingerprint density at radius 3 is 2.75 bits per heavy atom. The summed E-state index contributed by atoms with van der Waals surface area (Å²) >= 11 is 17.5. The molecule has 2 N–H and O–H groups in total. The first kappa shape index (κ1) is 20.5. The fourth-order valence-corrected chi connectivity index (χ4v) is 3.39. The van der Waals surface area contributed by atoms with E-state index in [0.29, 0.717) is 32.9 Å². The Morgan fingerprint density at radius 2 is 2.04 bits per heavy atom. The Morgan fingerprint density at radius 1 is 1.21 bits per heavy atom. The zero-order chi connectivity index (χ0) is 20.1. The molecule has 0 fully saturated rings. The second-order valence-electron chi connectivity index (χ2n) is 5.94. The monoisotopic (exact) mass is 438 g/mol. The zero-order valence-electron chi connectivity index (χ0n) is 15.5. The summed E-state index contributed by atoms with van der Waals surface area (Å²) in [5.41, 5.74) is 5.02. The summed E-state index contributed by atoms with van der Waals surface area (Å²) in [6.07, 6.45) is 0.747. The van der Waals surface area contributed by atoms with Crippen LogP contribution in [0.15, 0.2) is 36.4 Å². The molecule has 2 aromatic carbocycles. The zero-order valence-corrected chi connectivity index (χ0v) is 17.8. The van der Waals surface area contributed by atoms with Crippen molar-refractivity contribution in [1.29, 1.82) is 0 Å². The SMILES string of the molecule is CCc1n[nH]c(=S)n1NCc1cccc(OC)c1OCc1ccc(Cl)cc1Cl. The minimum atomic E-state index is 0.286. The Labute approximate surface area is 178 Å². The number of aromatic amines is 1. The predicted octanol–water partition coefficient (Wildman–Crippen LogP) is 5.14. The molecule has 6 nitrogen and oxygen atoms in total. The van der Waals surface area contributed by atoms with Gasteiger partial charge in [0.2, 0.25) is 4.77 Å². The van der Waals surface area contributed by atoms with Crippen molar-refractivity contribution >= 4 is 35.4 Å². The first-order chi connectivity index (χ1) is 13.5. The fourth-order valence-electron chi connectivity index (χ4n) is 2.71. The normalized spacial score (nSPS) is 10.7. The molecule has 0 bridgehead atoms. The Balaban J connectivity index is 1.82. The van der Waals surface area contributed by atoms with E-state index in [1.807, 2.05) is 31.2 Å². The number of nitrogens with zero attached hydrogens (tertiary/aromatic N) is 2. The van der Waals surface area contributed by atoms with Gasteiger partial charge >= 0.3 is 0 Å². The van der Waals surface area contributed by atoms with Crippen LogP contribution in [0.3, 0.4) is 0 Å². The molecular formula is C19H20Cl2N4O2S. The second kappa shape index (κ2) is 9.32. The highest BCUT2D eigenvalue weighted by Gasteiger charge is 2.13. The van der Waals surface area contributed by atoms with E-state index in [4.69, 9.17) is 44.9 Å². The molecule has 1 aromatic heterocycles. The van der Waals surface area contributed by atoms with Gasteiger partial charge in [0.25, 0.3) is 0 Å². The number of para-hydroxylation sites is 1. The van der Waals surface area contributed by atoms with Crippen LogP contribution in [-0.4, -0.2) is 22.0 Å². The number of nitrogens with one attached hydrogen (secondary N) is 2. The Hall–Kier alpha value is -2.22. The topological polar surface area (TPSA) is 64.1 Å². The number of ether oxygens (including phenoxy) is 2. The van der Waals surface area contributed by atoms with E-state index in [1.54, 1.807) is 23.9 Å². The smallest absolute Gasteiger partial charge is 0.214 e. The average Bonchev–Trinajstić information content (AvgIpc) is 3.05. The van der Waals surface area contributed by atoms with Crippen molar-refractivity contribution < 1.29 is 9.47 Å². The van der Waals surface area contributed by atoms with Crippen molar-refractivity contribution in [3.8, 4) is 11.5 Å². The molecule has 0 radical (unpaired) electrons. The molecule has 28 heavy (non-hydrogen) atoms. The highest BCUT2D eigenvalue weighted by atomic mass is 35.5. The van der Waals surface area contributed by atoms with Crippen LogP contribution in [0.25, 0.3) is 0 Å². The van der Waals surface area contributed by atoms with Gasteiger partial charge in [-0.3, -0.25) is 5.10 Å². The molecule has 3 rings (SSSR count). The van der Waals surface area contributed by atoms with E-state index in [2.05, 4.69) is 15.6 Å². The van der Waals surface area contributed by atoms with Crippen molar-refractivity contribution in [2.45, 2.75) is 26.5 Å². The molecular weight excluding hydrogens is 419 g/mol. The quantitative estimate of drug-likeness (QED) is 0.476. The molecule has 0 aliphatic heterocycles. The summed E-state index contributed by atoms with van der Waals surface area (Å²) in [6.45, 7) is 2.77. The first-order valence-corrected chi connectivity index (χ1v) is 9.82. The lowest BCUT2D eigenvalue weighted by Crippen LogP contribution is -2.18. The van der Waals surface area contributed by atoms with Crippen LogP contribution in [0, 0.1) is 4.77 Å². The van der Waals surface area contributed by atoms with Gasteiger partial charge in [-0.2, -0.15) is 5.10 Å². The first-order valence-electron chi connectivity index (χ1n) is 8.66. The fraction of sp³-hybridized carbons (Fsp3) is 0.263. The molecule has 0 saturated carbocycles. The summed E-state index contributed by atoms with van der Waals surface area (Å²) in [4.78, 5) is 0. The number of hydrogen-bond acceptors (Lipinski definition) is 5. The van der Waals surface area contributed by atoms with Crippen LogP contribution in [0.1, 0.15) is 23.9 Å². The molecule has 0 amide bonds. The van der Waals surface area contributed by atoms with Crippen molar-refractivity contribution in [1.82, 2.24) is 14.9 Å². The van der Waals surface area contributed by atoms with Crippen LogP contribution in [-0.2, 0) is 19.6 Å². The lowest BCUT2D eigenvalue weighted by atomic mass is 10.2. The third kappa shape index (κ3) is 4.60. The third-order valence-corrected chi connectivity index (χ3v) is 5.01. The Kier molecular flexibility index (Phi) is 6.83. The number of methoxy groups -OCH3 is 1. The van der Waals surface area contributed by atoms with Gasteiger partial charge in [-0.15, -0.1) is 0 Å². The number of benzene rings is 2. The molecule has 0 unspecified atom stereocenters. The second-order valence-corrected chi connectivity index (χ2v) is 7.17. The number of H-pyrrole nitrogens is 1. The van der Waals surface area contributed by atoms with Crippen molar-refractivity contribution in [3.63, 3.8) is 0 Å². The number of aromatic nitrogens is 3. The van der Waals surface area contributed by atoms with E-state index in [1.165, 1.54) is 0 Å². The van der Waals surface area contributed by atoms with Crippen LogP contribution < -0.4 is 14.9 Å². The van der Waals surface area contributed by atoms with E-state index in [0.717, 1.165) is 23.4 Å². The van der Waals surface area contributed by atoms with Crippen molar-refractivity contribution in [2.75, 3.05) is 12.5 Å². The molecule has 148 valence electrons. The molecule has 0 saturated heterocycles. The Bertz CT molecular complexity index is 1020. The van der Waals surface area contributed by atoms with Crippen LogP contribution >= 0.6 is 35.4 Å². The van der Waals surface area contributed by atoms with Gasteiger partial charge in [0.1, 0.15) is 6.61 Å². The summed E-state index contributed by atoms with van der Waals surface area (Å²) in [7, 11) is 1.61. The van der Waals surface area contributed by atoms with Crippen LogP contribution in [0.4, 0.5) is 0 Å². The predicted molar refractivity (Wildman–Crippen MR) is 114 cm³/mol. The number of rotatable bonds is 8. The summed E-state index contributed by atoms with van der Waals surface area (Å²) in [5, 5.41) is 8.13. The molecule has 1 heterocycles. The highest BCUT2D eigenvalue weighted by molar-refractivity contribution is 7.71. The maximum Gasteiger partial charge on any atom is 0.214 e. The molecule has 9 heteroatoms. The maximum atomic E-state index is 6.26. The molecule has 3 aromatic rings. The maximum absolute atomic E-state index is 6.26. The standard InChI is InChI=1S/C19H20Cl2N4O2S/c1-3-17-23-24-19(28)25(17)22-10-12-5-4-6-16(26-2)18(12)27-11-13-7-8-14(20)9-15(13)21/h4-9,22H,3,10-11H2,1-2H3,(H,24,28).